The predicted octanol–water partition coefficient (Wildman–Crippen LogP) is 2.63. The number of carbonyl (C=O) groups is 1. The standard InChI is InChI=1S/C12H25NO3/c1-10(2,3)9(14)13-12(7,8)16-15-11(4,5)6/h1-8H3,(H,13,14). The molecule has 0 fully saturated rings. The number of nitrogens with one attached hydrogen (secondary N) is 1. The summed E-state index contributed by atoms with van der Waals surface area (Å²) < 4.78 is 0. The van der Waals surface area contributed by atoms with Gasteiger partial charge in [-0.05, 0) is 34.6 Å². The third kappa shape index (κ3) is 6.80. The van der Waals surface area contributed by atoms with Crippen molar-refractivity contribution in [1.29, 1.82) is 0 Å². The summed E-state index contributed by atoms with van der Waals surface area (Å²) in [6.45, 7) is 14.7. The van der Waals surface area contributed by atoms with Crippen LogP contribution in [-0.2, 0) is 14.6 Å². The van der Waals surface area contributed by atoms with Crippen molar-refractivity contribution in [3.63, 3.8) is 0 Å². The van der Waals surface area contributed by atoms with Crippen LogP contribution in [0.1, 0.15) is 55.4 Å². The summed E-state index contributed by atoms with van der Waals surface area (Å²) in [6.07, 6.45) is 0. The Morgan fingerprint density at radius 3 is 1.62 bits per heavy atom. The van der Waals surface area contributed by atoms with Crippen LogP contribution in [0.15, 0.2) is 0 Å². The van der Waals surface area contributed by atoms with Gasteiger partial charge in [0.15, 0.2) is 5.72 Å². The Bertz CT molecular complexity index is 246. The van der Waals surface area contributed by atoms with Gasteiger partial charge in [-0.3, -0.25) is 4.79 Å². The van der Waals surface area contributed by atoms with E-state index in [9.17, 15) is 4.79 Å². The Labute approximate surface area is 98.6 Å². The average molecular weight is 231 g/mol. The summed E-state index contributed by atoms with van der Waals surface area (Å²) in [5, 5.41) is 2.78. The van der Waals surface area contributed by atoms with Crippen molar-refractivity contribution in [2.45, 2.75) is 66.7 Å². The first kappa shape index (κ1) is 15.4. The van der Waals surface area contributed by atoms with Crippen LogP contribution < -0.4 is 5.32 Å². The molecule has 0 bridgehead atoms. The molecule has 0 radical (unpaired) electrons. The fourth-order valence-electron chi connectivity index (χ4n) is 0.711. The predicted molar refractivity (Wildman–Crippen MR) is 63.6 cm³/mol. The Balaban J connectivity index is 4.31. The fraction of sp³-hybridized carbons (Fsp3) is 0.917. The molecule has 1 amide bonds. The summed E-state index contributed by atoms with van der Waals surface area (Å²) in [4.78, 5) is 22.2. The molecule has 0 unspecified atom stereocenters. The number of rotatable bonds is 3. The van der Waals surface area contributed by atoms with Crippen molar-refractivity contribution >= 4 is 5.91 Å². The number of hydrogen-bond donors (Lipinski definition) is 1. The van der Waals surface area contributed by atoms with E-state index in [4.69, 9.17) is 9.78 Å². The molecule has 0 aliphatic rings. The summed E-state index contributed by atoms with van der Waals surface area (Å²) in [5.41, 5.74) is -1.68. The molecule has 4 nitrogen and oxygen atoms in total. The maximum absolute atomic E-state index is 11.8. The van der Waals surface area contributed by atoms with E-state index in [2.05, 4.69) is 5.32 Å². The van der Waals surface area contributed by atoms with Gasteiger partial charge in [0, 0.05) is 5.41 Å². The van der Waals surface area contributed by atoms with E-state index < -0.39 is 16.7 Å². The second-order valence-electron chi connectivity index (χ2n) is 6.49. The molecular formula is C12H25NO3. The third-order valence-corrected chi connectivity index (χ3v) is 1.60. The fourth-order valence-corrected chi connectivity index (χ4v) is 0.711. The van der Waals surface area contributed by atoms with Gasteiger partial charge in [-0.2, -0.15) is 0 Å². The van der Waals surface area contributed by atoms with Gasteiger partial charge in [-0.25, -0.2) is 9.78 Å². The molecule has 0 saturated carbocycles. The van der Waals surface area contributed by atoms with Gasteiger partial charge < -0.3 is 5.32 Å². The maximum Gasteiger partial charge on any atom is 0.227 e. The molecule has 4 heteroatoms. The van der Waals surface area contributed by atoms with E-state index in [1.165, 1.54) is 0 Å². The lowest BCUT2D eigenvalue weighted by Crippen LogP contribution is -2.50. The zero-order valence-corrected chi connectivity index (χ0v) is 11.7. The quantitative estimate of drug-likeness (QED) is 0.461. The van der Waals surface area contributed by atoms with Crippen molar-refractivity contribution in [3.05, 3.63) is 0 Å². The molecule has 0 aliphatic carbocycles. The molecule has 0 aliphatic heterocycles. The second kappa shape index (κ2) is 4.72. The van der Waals surface area contributed by atoms with Crippen molar-refractivity contribution in [2.24, 2.45) is 5.41 Å². The van der Waals surface area contributed by atoms with Gasteiger partial charge in [-0.15, -0.1) is 0 Å². The van der Waals surface area contributed by atoms with Gasteiger partial charge in [-0.1, -0.05) is 20.8 Å². The smallest absolute Gasteiger partial charge is 0.227 e. The number of carbonyl (C=O) groups excluding carboxylic acids is 1. The summed E-state index contributed by atoms with van der Waals surface area (Å²) in [7, 11) is 0. The lowest BCUT2D eigenvalue weighted by atomic mass is 9.95. The molecule has 16 heavy (non-hydrogen) atoms. The van der Waals surface area contributed by atoms with Crippen LogP contribution in [0.4, 0.5) is 0 Å². The molecule has 0 atom stereocenters. The lowest BCUT2D eigenvalue weighted by molar-refractivity contribution is -0.401. The first-order valence-corrected chi connectivity index (χ1v) is 5.53. The Kier molecular flexibility index (Phi) is 4.54. The molecule has 0 heterocycles. The first-order valence-electron chi connectivity index (χ1n) is 5.53. The van der Waals surface area contributed by atoms with Crippen LogP contribution >= 0.6 is 0 Å². The first-order chi connectivity index (χ1) is 6.83. The third-order valence-electron chi connectivity index (χ3n) is 1.60. The number of hydrogen-bond acceptors (Lipinski definition) is 3. The highest BCUT2D eigenvalue weighted by Gasteiger charge is 2.30. The normalized spacial score (nSPS) is 13.8. The summed E-state index contributed by atoms with van der Waals surface area (Å²) in [5.74, 6) is -0.0741. The van der Waals surface area contributed by atoms with E-state index in [1.807, 2.05) is 41.5 Å². The largest absolute Gasteiger partial charge is 0.326 e. The van der Waals surface area contributed by atoms with Gasteiger partial charge in [0.25, 0.3) is 0 Å². The van der Waals surface area contributed by atoms with E-state index in [0.29, 0.717) is 0 Å². The molecule has 0 aromatic rings. The van der Waals surface area contributed by atoms with Crippen LogP contribution in [0.25, 0.3) is 0 Å². The molecule has 1 N–H and O–H groups in total. The minimum absolute atomic E-state index is 0.0741. The van der Waals surface area contributed by atoms with Crippen molar-refractivity contribution in [2.75, 3.05) is 0 Å². The van der Waals surface area contributed by atoms with Crippen molar-refractivity contribution < 1.29 is 14.6 Å². The highest BCUT2D eigenvalue weighted by Crippen LogP contribution is 2.18. The monoisotopic (exact) mass is 231 g/mol. The molecule has 0 rings (SSSR count). The van der Waals surface area contributed by atoms with Crippen LogP contribution in [0.3, 0.4) is 0 Å². The molecule has 0 aromatic carbocycles. The van der Waals surface area contributed by atoms with Gasteiger partial charge in [0.1, 0.15) is 0 Å². The van der Waals surface area contributed by atoms with Crippen LogP contribution in [0.5, 0.6) is 0 Å². The van der Waals surface area contributed by atoms with Crippen molar-refractivity contribution in [3.8, 4) is 0 Å². The van der Waals surface area contributed by atoms with Crippen LogP contribution in [0.2, 0.25) is 0 Å². The summed E-state index contributed by atoms with van der Waals surface area (Å²) in [6, 6.07) is 0. The molecule has 96 valence electrons. The van der Waals surface area contributed by atoms with Crippen LogP contribution in [0, 0.1) is 5.41 Å². The van der Waals surface area contributed by atoms with E-state index in [0.717, 1.165) is 0 Å². The SMILES string of the molecule is CC(C)(C)OOC(C)(C)NC(=O)C(C)(C)C. The Hall–Kier alpha value is -0.610. The topological polar surface area (TPSA) is 47.6 Å². The van der Waals surface area contributed by atoms with Crippen LogP contribution in [-0.4, -0.2) is 17.2 Å². The average Bonchev–Trinajstić information content (AvgIpc) is 1.97. The van der Waals surface area contributed by atoms with E-state index >= 15 is 0 Å². The molecule has 0 spiro atoms. The zero-order chi connectivity index (χ0) is 13.2. The second-order valence-corrected chi connectivity index (χ2v) is 6.49. The Morgan fingerprint density at radius 2 is 1.31 bits per heavy atom. The highest BCUT2D eigenvalue weighted by molar-refractivity contribution is 5.81. The van der Waals surface area contributed by atoms with Crippen molar-refractivity contribution in [1.82, 2.24) is 5.32 Å². The van der Waals surface area contributed by atoms with E-state index in [1.54, 1.807) is 13.8 Å². The highest BCUT2D eigenvalue weighted by atomic mass is 17.2. The Morgan fingerprint density at radius 1 is 0.875 bits per heavy atom. The molecule has 0 aromatic heterocycles. The lowest BCUT2D eigenvalue weighted by Gasteiger charge is -2.31. The zero-order valence-electron chi connectivity index (χ0n) is 11.7. The maximum atomic E-state index is 11.8. The minimum Gasteiger partial charge on any atom is -0.326 e. The molecular weight excluding hydrogens is 206 g/mol. The van der Waals surface area contributed by atoms with Gasteiger partial charge in [0.05, 0.1) is 5.60 Å². The van der Waals surface area contributed by atoms with Gasteiger partial charge in [0.2, 0.25) is 5.91 Å². The minimum atomic E-state index is -0.836. The summed E-state index contributed by atoms with van der Waals surface area (Å²) >= 11 is 0. The molecule has 0 saturated heterocycles. The van der Waals surface area contributed by atoms with E-state index in [-0.39, 0.29) is 5.91 Å². The van der Waals surface area contributed by atoms with Gasteiger partial charge >= 0.3 is 0 Å². The number of amides is 1.